The van der Waals surface area contributed by atoms with Crippen LogP contribution in [0.3, 0.4) is 0 Å². The van der Waals surface area contributed by atoms with Crippen molar-refractivity contribution in [2.24, 2.45) is 0 Å². The van der Waals surface area contributed by atoms with E-state index in [-0.39, 0.29) is 11.4 Å². The number of aldehydes is 1. The minimum absolute atomic E-state index is 0.208. The van der Waals surface area contributed by atoms with Gasteiger partial charge in [0.05, 0.1) is 11.1 Å². The van der Waals surface area contributed by atoms with Gasteiger partial charge in [0.1, 0.15) is 11.5 Å². The summed E-state index contributed by atoms with van der Waals surface area (Å²) in [6.45, 7) is 9.47. The van der Waals surface area contributed by atoms with Gasteiger partial charge in [-0.15, -0.1) is 0 Å². The second-order valence-electron chi connectivity index (χ2n) is 6.09. The second kappa shape index (κ2) is 4.85. The van der Waals surface area contributed by atoms with E-state index in [0.29, 0.717) is 22.4 Å². The minimum Gasteiger partial charge on any atom is -0.298 e. The SMILES string of the molecule is Cc1cc(-c2nn(C(C)(C)C)cc2C=O)cc(C)c1F. The number of rotatable bonds is 2. The predicted octanol–water partition coefficient (Wildman–Crippen LogP) is 3.87. The molecule has 0 spiro atoms. The van der Waals surface area contributed by atoms with Gasteiger partial charge in [0.15, 0.2) is 6.29 Å². The fourth-order valence-electron chi connectivity index (χ4n) is 2.12. The topological polar surface area (TPSA) is 34.9 Å². The van der Waals surface area contributed by atoms with E-state index >= 15 is 0 Å². The monoisotopic (exact) mass is 274 g/mol. The van der Waals surface area contributed by atoms with Crippen LogP contribution in [-0.2, 0) is 5.54 Å². The van der Waals surface area contributed by atoms with Gasteiger partial charge < -0.3 is 0 Å². The number of hydrogen-bond donors (Lipinski definition) is 0. The molecule has 20 heavy (non-hydrogen) atoms. The van der Waals surface area contributed by atoms with Crippen LogP contribution in [0.5, 0.6) is 0 Å². The molecular formula is C16H19FN2O. The highest BCUT2D eigenvalue weighted by Gasteiger charge is 2.19. The number of carbonyl (C=O) groups excluding carboxylic acids is 1. The molecule has 0 aliphatic carbocycles. The zero-order valence-electron chi connectivity index (χ0n) is 12.5. The zero-order chi connectivity index (χ0) is 15.1. The maximum Gasteiger partial charge on any atom is 0.153 e. The molecule has 1 aromatic carbocycles. The van der Waals surface area contributed by atoms with Crippen LogP contribution in [0.4, 0.5) is 4.39 Å². The van der Waals surface area contributed by atoms with Crippen molar-refractivity contribution < 1.29 is 9.18 Å². The molecule has 2 aromatic rings. The molecule has 4 heteroatoms. The van der Waals surface area contributed by atoms with Gasteiger partial charge in [-0.25, -0.2) is 4.39 Å². The zero-order valence-corrected chi connectivity index (χ0v) is 12.5. The average Bonchev–Trinajstić information content (AvgIpc) is 2.79. The number of aromatic nitrogens is 2. The third kappa shape index (κ3) is 2.50. The second-order valence-corrected chi connectivity index (χ2v) is 6.09. The Morgan fingerprint density at radius 1 is 1.20 bits per heavy atom. The molecule has 0 atom stereocenters. The van der Waals surface area contributed by atoms with Gasteiger partial charge in [0.2, 0.25) is 0 Å². The lowest BCUT2D eigenvalue weighted by Crippen LogP contribution is -2.22. The number of aryl methyl sites for hydroxylation is 2. The maximum absolute atomic E-state index is 13.7. The van der Waals surface area contributed by atoms with Crippen LogP contribution in [0.1, 0.15) is 42.3 Å². The van der Waals surface area contributed by atoms with E-state index in [0.717, 1.165) is 11.8 Å². The fourth-order valence-corrected chi connectivity index (χ4v) is 2.12. The van der Waals surface area contributed by atoms with E-state index in [2.05, 4.69) is 5.10 Å². The van der Waals surface area contributed by atoms with E-state index in [1.54, 1.807) is 36.9 Å². The van der Waals surface area contributed by atoms with Crippen molar-refractivity contribution in [1.82, 2.24) is 9.78 Å². The van der Waals surface area contributed by atoms with Crippen molar-refractivity contribution in [2.75, 3.05) is 0 Å². The van der Waals surface area contributed by atoms with Crippen LogP contribution in [0.25, 0.3) is 11.3 Å². The maximum atomic E-state index is 13.7. The average molecular weight is 274 g/mol. The summed E-state index contributed by atoms with van der Waals surface area (Å²) in [4.78, 5) is 11.3. The summed E-state index contributed by atoms with van der Waals surface area (Å²) < 4.78 is 15.5. The molecule has 1 aromatic heterocycles. The van der Waals surface area contributed by atoms with Gasteiger partial charge in [0.25, 0.3) is 0 Å². The van der Waals surface area contributed by atoms with Gasteiger partial charge in [-0.3, -0.25) is 9.48 Å². The first-order valence-corrected chi connectivity index (χ1v) is 6.56. The molecular weight excluding hydrogens is 255 g/mol. The van der Waals surface area contributed by atoms with E-state index in [9.17, 15) is 9.18 Å². The Hall–Kier alpha value is -1.97. The first kappa shape index (κ1) is 14.4. The van der Waals surface area contributed by atoms with Gasteiger partial charge in [-0.1, -0.05) is 0 Å². The van der Waals surface area contributed by atoms with Crippen molar-refractivity contribution in [3.8, 4) is 11.3 Å². The Labute approximate surface area is 118 Å². The molecule has 0 amide bonds. The Bertz CT molecular complexity index is 643. The lowest BCUT2D eigenvalue weighted by atomic mass is 10.0. The molecule has 106 valence electrons. The van der Waals surface area contributed by atoms with Crippen LogP contribution < -0.4 is 0 Å². The molecule has 0 aliphatic rings. The van der Waals surface area contributed by atoms with Crippen molar-refractivity contribution in [1.29, 1.82) is 0 Å². The smallest absolute Gasteiger partial charge is 0.153 e. The molecule has 3 nitrogen and oxygen atoms in total. The molecule has 1 heterocycles. The van der Waals surface area contributed by atoms with Gasteiger partial charge in [-0.05, 0) is 57.9 Å². The number of nitrogens with zero attached hydrogens (tertiary/aromatic N) is 2. The van der Waals surface area contributed by atoms with Crippen molar-refractivity contribution in [2.45, 2.75) is 40.2 Å². The molecule has 0 aliphatic heterocycles. The van der Waals surface area contributed by atoms with Crippen molar-refractivity contribution in [3.63, 3.8) is 0 Å². The van der Waals surface area contributed by atoms with Gasteiger partial charge in [0, 0.05) is 11.8 Å². The lowest BCUT2D eigenvalue weighted by Gasteiger charge is -2.18. The summed E-state index contributed by atoms with van der Waals surface area (Å²) >= 11 is 0. The summed E-state index contributed by atoms with van der Waals surface area (Å²) in [5.41, 5.74) is 2.79. The molecule has 0 fully saturated rings. The molecule has 0 bridgehead atoms. The molecule has 0 unspecified atom stereocenters. The molecule has 2 rings (SSSR count). The highest BCUT2D eigenvalue weighted by atomic mass is 19.1. The largest absolute Gasteiger partial charge is 0.298 e. The summed E-state index contributed by atoms with van der Waals surface area (Å²) in [6, 6.07) is 3.45. The van der Waals surface area contributed by atoms with Crippen LogP contribution in [0.2, 0.25) is 0 Å². The molecule has 0 N–H and O–H groups in total. The van der Waals surface area contributed by atoms with Crippen molar-refractivity contribution >= 4 is 6.29 Å². The quantitative estimate of drug-likeness (QED) is 0.779. The highest BCUT2D eigenvalue weighted by molar-refractivity contribution is 5.85. The first-order valence-electron chi connectivity index (χ1n) is 6.56. The van der Waals surface area contributed by atoms with Crippen LogP contribution in [0.15, 0.2) is 18.3 Å². The van der Waals surface area contributed by atoms with Crippen LogP contribution >= 0.6 is 0 Å². The third-order valence-electron chi connectivity index (χ3n) is 3.27. The van der Waals surface area contributed by atoms with Crippen molar-refractivity contribution in [3.05, 3.63) is 40.8 Å². The van der Waals surface area contributed by atoms with Gasteiger partial charge in [-0.2, -0.15) is 5.10 Å². The Morgan fingerprint density at radius 3 is 2.20 bits per heavy atom. The Morgan fingerprint density at radius 2 is 1.75 bits per heavy atom. The molecule has 0 saturated carbocycles. The number of halogens is 1. The lowest BCUT2D eigenvalue weighted by molar-refractivity contribution is 0.112. The summed E-state index contributed by atoms with van der Waals surface area (Å²) in [5, 5.41) is 4.50. The fraction of sp³-hybridized carbons (Fsp3) is 0.375. The van der Waals surface area contributed by atoms with E-state index < -0.39 is 0 Å². The van der Waals surface area contributed by atoms with Gasteiger partial charge >= 0.3 is 0 Å². The summed E-state index contributed by atoms with van der Waals surface area (Å²) in [6.07, 6.45) is 2.52. The predicted molar refractivity (Wildman–Crippen MR) is 77.5 cm³/mol. The molecule has 0 saturated heterocycles. The summed E-state index contributed by atoms with van der Waals surface area (Å²) in [7, 11) is 0. The Balaban J connectivity index is 2.63. The number of carbonyl (C=O) groups is 1. The normalized spacial score (nSPS) is 11.7. The minimum atomic E-state index is -0.211. The van der Waals surface area contributed by atoms with E-state index in [1.165, 1.54) is 0 Å². The highest BCUT2D eigenvalue weighted by Crippen LogP contribution is 2.27. The number of benzene rings is 1. The van der Waals surface area contributed by atoms with E-state index in [4.69, 9.17) is 0 Å². The number of hydrogen-bond acceptors (Lipinski definition) is 2. The van der Waals surface area contributed by atoms with E-state index in [1.807, 2.05) is 20.8 Å². The van der Waals surface area contributed by atoms with Crippen LogP contribution in [-0.4, -0.2) is 16.1 Å². The molecule has 0 radical (unpaired) electrons. The third-order valence-corrected chi connectivity index (χ3v) is 3.27. The Kier molecular flexibility index (Phi) is 3.50. The van der Waals surface area contributed by atoms with Crippen LogP contribution in [0, 0.1) is 19.7 Å². The summed E-state index contributed by atoms with van der Waals surface area (Å²) in [5.74, 6) is -0.211. The first-order chi connectivity index (χ1) is 9.24. The standard InChI is InChI=1S/C16H19FN2O/c1-10-6-12(7-11(2)14(10)17)15-13(9-20)8-19(18-15)16(3,4)5/h6-9H,1-5H3.